The Hall–Kier alpha value is -1.13. The van der Waals surface area contributed by atoms with Gasteiger partial charge in [-0.1, -0.05) is 35.5 Å². The maximum absolute atomic E-state index is 5.82. The van der Waals surface area contributed by atoms with E-state index in [1.807, 2.05) is 36.7 Å². The van der Waals surface area contributed by atoms with Crippen molar-refractivity contribution in [2.24, 2.45) is 10.8 Å². The largest absolute Gasteiger partial charge is 0.377 e. The molecule has 2 rings (SSSR count). The predicted octanol–water partition coefficient (Wildman–Crippen LogP) is 2.55. The average molecular weight is 240 g/mol. The molecule has 0 aromatic heterocycles. The second kappa shape index (κ2) is 4.16. The highest BCUT2D eigenvalue weighted by molar-refractivity contribution is 8.16. The van der Waals surface area contributed by atoms with Gasteiger partial charge >= 0.3 is 0 Å². The molecule has 0 amide bonds. The second-order valence-electron chi connectivity index (χ2n) is 3.09. The summed E-state index contributed by atoms with van der Waals surface area (Å²) in [5.74, 6) is 0. The summed E-state index contributed by atoms with van der Waals surface area (Å²) in [7, 11) is 1.87. The standard InChI is InChI=1S/C10H10ClN3S/c1-14-9(6-15-10(12)13-14)7-2-4-8(11)5-3-7/h2-6H,1H3,(H2,12,13). The molecule has 0 unspecified atom stereocenters. The minimum Gasteiger partial charge on any atom is -0.377 e. The molecule has 3 nitrogen and oxygen atoms in total. The van der Waals surface area contributed by atoms with Crippen molar-refractivity contribution in [2.45, 2.75) is 0 Å². The van der Waals surface area contributed by atoms with E-state index in [4.69, 9.17) is 17.3 Å². The van der Waals surface area contributed by atoms with Gasteiger partial charge in [-0.05, 0) is 12.1 Å². The van der Waals surface area contributed by atoms with Crippen molar-refractivity contribution in [3.63, 3.8) is 0 Å². The van der Waals surface area contributed by atoms with E-state index < -0.39 is 0 Å². The molecule has 1 aliphatic rings. The zero-order valence-electron chi connectivity index (χ0n) is 8.14. The first-order valence-corrected chi connectivity index (χ1v) is 5.63. The van der Waals surface area contributed by atoms with E-state index in [0.29, 0.717) is 5.17 Å². The van der Waals surface area contributed by atoms with Gasteiger partial charge in [-0.3, -0.25) is 5.01 Å². The van der Waals surface area contributed by atoms with Crippen molar-refractivity contribution in [3.05, 3.63) is 40.3 Å². The van der Waals surface area contributed by atoms with Crippen LogP contribution >= 0.6 is 23.4 Å². The Morgan fingerprint density at radius 3 is 2.60 bits per heavy atom. The van der Waals surface area contributed by atoms with E-state index in [0.717, 1.165) is 16.3 Å². The molecule has 0 bridgehead atoms. The number of hydrogen-bond acceptors (Lipinski definition) is 4. The van der Waals surface area contributed by atoms with Crippen LogP contribution in [-0.2, 0) is 0 Å². The Morgan fingerprint density at radius 1 is 1.33 bits per heavy atom. The molecular formula is C10H10ClN3S. The maximum atomic E-state index is 5.82. The summed E-state index contributed by atoms with van der Waals surface area (Å²) >= 11 is 7.24. The van der Waals surface area contributed by atoms with Crippen LogP contribution in [0.4, 0.5) is 0 Å². The van der Waals surface area contributed by atoms with Crippen LogP contribution < -0.4 is 5.73 Å². The first kappa shape index (κ1) is 10.4. The summed E-state index contributed by atoms with van der Waals surface area (Å²) in [5, 5.41) is 9.17. The lowest BCUT2D eigenvalue weighted by Gasteiger charge is -2.21. The van der Waals surface area contributed by atoms with E-state index in [1.54, 1.807) is 5.01 Å². The maximum Gasteiger partial charge on any atom is 0.182 e. The zero-order valence-corrected chi connectivity index (χ0v) is 9.72. The molecule has 0 saturated carbocycles. The van der Waals surface area contributed by atoms with Gasteiger partial charge in [0.05, 0.1) is 5.70 Å². The first-order chi connectivity index (χ1) is 7.16. The molecule has 15 heavy (non-hydrogen) atoms. The number of rotatable bonds is 1. The monoisotopic (exact) mass is 239 g/mol. The Morgan fingerprint density at radius 2 is 2.00 bits per heavy atom. The number of amidine groups is 1. The van der Waals surface area contributed by atoms with Crippen molar-refractivity contribution in [1.82, 2.24) is 5.01 Å². The van der Waals surface area contributed by atoms with Crippen LogP contribution in [-0.4, -0.2) is 17.2 Å². The van der Waals surface area contributed by atoms with Gasteiger partial charge in [0, 0.05) is 23.0 Å². The third-order valence-electron chi connectivity index (χ3n) is 2.03. The third kappa shape index (κ3) is 2.27. The molecule has 78 valence electrons. The van der Waals surface area contributed by atoms with Crippen LogP contribution in [0.25, 0.3) is 5.70 Å². The number of nitrogens with two attached hydrogens (primary N) is 1. The van der Waals surface area contributed by atoms with Crippen LogP contribution in [0, 0.1) is 0 Å². The molecule has 1 aromatic carbocycles. The minimum absolute atomic E-state index is 0.551. The van der Waals surface area contributed by atoms with E-state index in [9.17, 15) is 0 Å². The molecule has 0 fully saturated rings. The summed E-state index contributed by atoms with van der Waals surface area (Å²) < 4.78 is 0. The SMILES string of the molecule is CN1N=C(N)SC=C1c1ccc(Cl)cc1. The van der Waals surface area contributed by atoms with Crippen molar-refractivity contribution >= 4 is 34.2 Å². The van der Waals surface area contributed by atoms with E-state index in [1.165, 1.54) is 11.8 Å². The third-order valence-corrected chi connectivity index (χ3v) is 2.94. The highest BCUT2D eigenvalue weighted by Gasteiger charge is 2.12. The van der Waals surface area contributed by atoms with Crippen LogP contribution in [0.1, 0.15) is 5.56 Å². The van der Waals surface area contributed by atoms with Gasteiger partial charge in [0.15, 0.2) is 5.17 Å². The Labute approximate surface area is 97.6 Å². The molecule has 1 heterocycles. The van der Waals surface area contributed by atoms with E-state index in [2.05, 4.69) is 5.10 Å². The molecule has 2 N–H and O–H groups in total. The van der Waals surface area contributed by atoms with Crippen LogP contribution in [0.2, 0.25) is 5.02 Å². The number of hydrazone groups is 1. The summed E-state index contributed by atoms with van der Waals surface area (Å²) in [6.07, 6.45) is 0. The quantitative estimate of drug-likeness (QED) is 0.819. The molecule has 0 radical (unpaired) electrons. The average Bonchev–Trinajstić information content (AvgIpc) is 2.20. The highest BCUT2D eigenvalue weighted by atomic mass is 35.5. The molecule has 0 saturated heterocycles. The summed E-state index contributed by atoms with van der Waals surface area (Å²) in [4.78, 5) is 0. The summed E-state index contributed by atoms with van der Waals surface area (Å²) in [6, 6.07) is 7.64. The fraction of sp³-hybridized carbons (Fsp3) is 0.100. The Bertz CT molecular complexity index is 425. The fourth-order valence-electron chi connectivity index (χ4n) is 1.29. The fourth-order valence-corrected chi connectivity index (χ4v) is 2.11. The lowest BCUT2D eigenvalue weighted by molar-refractivity contribution is 0.517. The van der Waals surface area contributed by atoms with Crippen LogP contribution in [0.5, 0.6) is 0 Å². The van der Waals surface area contributed by atoms with Gasteiger partial charge in [0.1, 0.15) is 0 Å². The van der Waals surface area contributed by atoms with Gasteiger partial charge in [0.2, 0.25) is 0 Å². The van der Waals surface area contributed by atoms with Gasteiger partial charge in [0.25, 0.3) is 0 Å². The van der Waals surface area contributed by atoms with Crippen LogP contribution in [0.15, 0.2) is 34.8 Å². The zero-order chi connectivity index (χ0) is 10.8. The minimum atomic E-state index is 0.551. The van der Waals surface area contributed by atoms with Gasteiger partial charge in [-0.2, -0.15) is 0 Å². The number of halogens is 1. The first-order valence-electron chi connectivity index (χ1n) is 4.37. The molecule has 0 aliphatic carbocycles. The lowest BCUT2D eigenvalue weighted by Crippen LogP contribution is -2.19. The summed E-state index contributed by atoms with van der Waals surface area (Å²) in [6.45, 7) is 0. The molecule has 5 heteroatoms. The topological polar surface area (TPSA) is 41.6 Å². The number of benzene rings is 1. The number of nitrogens with zero attached hydrogens (tertiary/aromatic N) is 2. The molecule has 1 aliphatic heterocycles. The van der Waals surface area contributed by atoms with Crippen molar-refractivity contribution < 1.29 is 0 Å². The van der Waals surface area contributed by atoms with Crippen LogP contribution in [0.3, 0.4) is 0 Å². The molecule has 0 atom stereocenters. The van der Waals surface area contributed by atoms with Gasteiger partial charge < -0.3 is 5.73 Å². The molecule has 0 spiro atoms. The lowest BCUT2D eigenvalue weighted by atomic mass is 10.2. The Balaban J connectivity index is 2.29. The smallest absolute Gasteiger partial charge is 0.182 e. The summed E-state index contributed by atoms with van der Waals surface area (Å²) in [5.41, 5.74) is 7.69. The number of thioether (sulfide) groups is 1. The van der Waals surface area contributed by atoms with Gasteiger partial charge in [-0.25, -0.2) is 0 Å². The van der Waals surface area contributed by atoms with Crippen molar-refractivity contribution in [2.75, 3.05) is 7.05 Å². The number of hydrogen-bond donors (Lipinski definition) is 1. The van der Waals surface area contributed by atoms with Crippen molar-refractivity contribution in [3.8, 4) is 0 Å². The van der Waals surface area contributed by atoms with E-state index in [-0.39, 0.29) is 0 Å². The molecular weight excluding hydrogens is 230 g/mol. The Kier molecular flexibility index (Phi) is 2.88. The predicted molar refractivity (Wildman–Crippen MR) is 66.4 cm³/mol. The highest BCUT2D eigenvalue weighted by Crippen LogP contribution is 2.26. The van der Waals surface area contributed by atoms with Gasteiger partial charge in [-0.15, -0.1) is 5.10 Å². The second-order valence-corrected chi connectivity index (χ2v) is 4.42. The van der Waals surface area contributed by atoms with E-state index >= 15 is 0 Å². The molecule has 1 aromatic rings. The van der Waals surface area contributed by atoms with Crippen molar-refractivity contribution in [1.29, 1.82) is 0 Å². The normalized spacial score (nSPS) is 16.0.